The number of fused-ring (bicyclic) bond motifs is 5. The summed E-state index contributed by atoms with van der Waals surface area (Å²) < 4.78 is 4.88. The number of thioether (sulfide) groups is 1. The van der Waals surface area contributed by atoms with Crippen LogP contribution in [0.25, 0.3) is 10.9 Å². The fourth-order valence-electron chi connectivity index (χ4n) is 8.84. The van der Waals surface area contributed by atoms with E-state index in [9.17, 15) is 57.5 Å². The molecule has 2 bridgehead atoms. The SMILES string of the molecule is CC[C@H](C)[C@@H]1NC(=O)CNC(=O)[C@@H]2Cc3c([nH]c4ccc(NC(=O)CCCN5C(=O)C=CC5=O)cc34)SC[C@H](NC(=O)CNC1=O)C(=O)N[C@@H](CC(=O)OC)C(=O)N1CCC[C@H]1C(=O)N[C@@H]([C@@H](C)CC)C(=O)N2. The Morgan fingerprint density at radius 2 is 1.44 bits per heavy atom. The van der Waals surface area contributed by atoms with E-state index in [2.05, 4.69) is 47.5 Å². The molecule has 1 aromatic carbocycles. The highest BCUT2D eigenvalue weighted by Gasteiger charge is 2.42. The zero-order chi connectivity index (χ0) is 53.1. The first-order chi connectivity index (χ1) is 34.8. The van der Waals surface area contributed by atoms with E-state index in [4.69, 9.17) is 4.74 Å². The van der Waals surface area contributed by atoms with Crippen molar-refractivity contribution in [1.29, 1.82) is 0 Å². The Hall–Kier alpha value is -7.31. The monoisotopic (exact) mass is 1030 g/mol. The number of nitrogens with zero attached hydrogens (tertiary/aromatic N) is 2. The summed E-state index contributed by atoms with van der Waals surface area (Å²) in [6.45, 7) is 5.78. The van der Waals surface area contributed by atoms with E-state index >= 15 is 0 Å². The Balaban J connectivity index is 1.46. The van der Waals surface area contributed by atoms with Crippen LogP contribution in [0.5, 0.6) is 0 Å². The van der Waals surface area contributed by atoms with E-state index < -0.39 is 139 Å². The molecular formula is C48H63N11O13S. The maximum Gasteiger partial charge on any atom is 0.308 e. The van der Waals surface area contributed by atoms with Gasteiger partial charge >= 0.3 is 5.97 Å². The van der Waals surface area contributed by atoms with Crippen LogP contribution >= 0.6 is 11.8 Å². The van der Waals surface area contributed by atoms with Crippen molar-refractivity contribution in [2.45, 2.75) is 120 Å². The normalized spacial score (nSPS) is 24.8. The van der Waals surface area contributed by atoms with E-state index in [1.807, 2.05) is 0 Å². The van der Waals surface area contributed by atoms with Gasteiger partial charge in [0.2, 0.25) is 53.2 Å². The van der Waals surface area contributed by atoms with Gasteiger partial charge in [-0.15, -0.1) is 11.8 Å². The Labute approximate surface area is 424 Å². The van der Waals surface area contributed by atoms with E-state index in [1.54, 1.807) is 45.9 Å². The molecule has 4 aliphatic heterocycles. The lowest BCUT2D eigenvalue weighted by atomic mass is 9.96. The molecule has 0 radical (unpaired) electrons. The summed E-state index contributed by atoms with van der Waals surface area (Å²) in [5, 5.41) is 22.1. The van der Waals surface area contributed by atoms with Gasteiger partial charge in [0.1, 0.15) is 36.3 Å². The number of carbonyl (C=O) groups is 12. The molecule has 4 aliphatic rings. The average molecular weight is 1030 g/mol. The van der Waals surface area contributed by atoms with Crippen LogP contribution in [0.15, 0.2) is 35.4 Å². The summed E-state index contributed by atoms with van der Waals surface area (Å²) in [4.78, 5) is 169. The average Bonchev–Trinajstić information content (AvgIpc) is 4.09. The molecule has 0 aliphatic carbocycles. The molecule has 11 amide bonds. The highest BCUT2D eigenvalue weighted by atomic mass is 32.2. The van der Waals surface area contributed by atoms with Gasteiger partial charge in [0.25, 0.3) is 11.8 Å². The van der Waals surface area contributed by atoms with Gasteiger partial charge in [-0.1, -0.05) is 40.5 Å². The van der Waals surface area contributed by atoms with Crippen LogP contribution in [0.2, 0.25) is 0 Å². The number of ether oxygens (including phenoxy) is 1. The quantitative estimate of drug-likeness (QED) is 0.0942. The first kappa shape index (κ1) is 55.0. The number of H-pyrrole nitrogens is 1. The van der Waals surface area contributed by atoms with Crippen LogP contribution in [-0.4, -0.2) is 161 Å². The Bertz CT molecular complexity index is 2550. The van der Waals surface area contributed by atoms with Gasteiger partial charge in [-0.3, -0.25) is 62.4 Å². The number of aromatic amines is 1. The van der Waals surface area contributed by atoms with Crippen molar-refractivity contribution >= 4 is 99.3 Å². The molecule has 1 fully saturated rings. The van der Waals surface area contributed by atoms with Gasteiger partial charge in [0.05, 0.1) is 31.6 Å². The predicted octanol–water partition coefficient (Wildman–Crippen LogP) is -1.22. The number of benzene rings is 1. The molecule has 6 rings (SSSR count). The third-order valence-corrected chi connectivity index (χ3v) is 14.6. The number of hydrogen-bond acceptors (Lipinski definition) is 14. The number of carbonyl (C=O) groups excluding carboxylic acids is 12. The number of aromatic nitrogens is 1. The van der Waals surface area contributed by atoms with Crippen LogP contribution in [0.4, 0.5) is 5.69 Å². The van der Waals surface area contributed by atoms with Gasteiger partial charge in [0.15, 0.2) is 0 Å². The number of methoxy groups -OCH3 is 1. The van der Waals surface area contributed by atoms with Gasteiger partial charge in [-0.05, 0) is 54.9 Å². The maximum absolute atomic E-state index is 14.6. The smallest absolute Gasteiger partial charge is 0.308 e. The van der Waals surface area contributed by atoms with Crippen molar-refractivity contribution in [3.05, 3.63) is 35.9 Å². The topological polar surface area (TPSA) is 333 Å². The second-order valence-corrected chi connectivity index (χ2v) is 19.5. The maximum atomic E-state index is 14.6. The molecule has 394 valence electrons. The van der Waals surface area contributed by atoms with E-state index in [-0.39, 0.29) is 44.5 Å². The number of hydrogen-bond donors (Lipinski definition) is 9. The molecule has 0 spiro atoms. The van der Waals surface area contributed by atoms with Crippen LogP contribution < -0.4 is 42.5 Å². The number of esters is 1. The largest absolute Gasteiger partial charge is 0.469 e. The summed E-state index contributed by atoms with van der Waals surface area (Å²) in [5.74, 6) is -9.88. The lowest BCUT2D eigenvalue weighted by Crippen LogP contribution is -2.61. The van der Waals surface area contributed by atoms with Crippen LogP contribution in [-0.2, 0) is 68.7 Å². The van der Waals surface area contributed by atoms with Crippen molar-refractivity contribution < 1.29 is 62.3 Å². The highest BCUT2D eigenvalue weighted by molar-refractivity contribution is 7.99. The Kier molecular flexibility index (Phi) is 18.8. The van der Waals surface area contributed by atoms with Crippen molar-refractivity contribution in [2.24, 2.45) is 11.8 Å². The molecule has 5 heterocycles. The number of imide groups is 1. The molecular weight excluding hydrogens is 971 g/mol. The van der Waals surface area contributed by atoms with Crippen molar-refractivity contribution in [2.75, 3.05) is 44.4 Å². The van der Waals surface area contributed by atoms with Crippen LogP contribution in [0, 0.1) is 11.8 Å². The van der Waals surface area contributed by atoms with E-state index in [1.165, 1.54) is 4.90 Å². The zero-order valence-corrected chi connectivity index (χ0v) is 42.1. The number of nitrogens with one attached hydrogen (secondary N) is 9. The summed E-state index contributed by atoms with van der Waals surface area (Å²) in [6, 6.07) is -3.27. The van der Waals surface area contributed by atoms with Crippen molar-refractivity contribution in [1.82, 2.24) is 52.0 Å². The molecule has 2 aromatic rings. The molecule has 1 aromatic heterocycles. The third kappa shape index (κ3) is 13.8. The third-order valence-electron chi connectivity index (χ3n) is 13.4. The lowest BCUT2D eigenvalue weighted by molar-refractivity contribution is -0.148. The van der Waals surface area contributed by atoms with E-state index in [0.29, 0.717) is 46.4 Å². The fourth-order valence-corrected chi connectivity index (χ4v) is 9.96. The molecule has 0 unspecified atom stereocenters. The summed E-state index contributed by atoms with van der Waals surface area (Å²) >= 11 is 1.01. The van der Waals surface area contributed by atoms with Gasteiger partial charge in [-0.25, -0.2) is 0 Å². The first-order valence-corrected chi connectivity index (χ1v) is 25.3. The molecule has 8 atom stereocenters. The highest BCUT2D eigenvalue weighted by Crippen LogP contribution is 2.34. The van der Waals surface area contributed by atoms with Gasteiger partial charge in [-0.2, -0.15) is 0 Å². The molecule has 24 nitrogen and oxygen atoms in total. The molecule has 1 saturated heterocycles. The summed E-state index contributed by atoms with van der Waals surface area (Å²) in [5.41, 5.74) is 1.15. The Morgan fingerprint density at radius 3 is 2.11 bits per heavy atom. The number of amides is 11. The molecule has 25 heteroatoms. The minimum absolute atomic E-state index is 0.0197. The fraction of sp³-hybridized carbons (Fsp3) is 0.542. The second-order valence-electron chi connectivity index (χ2n) is 18.5. The molecule has 9 N–H and O–H groups in total. The minimum atomic E-state index is -1.59. The van der Waals surface area contributed by atoms with E-state index in [0.717, 1.165) is 35.9 Å². The standard InChI is InChI=1S/C48H63N11O13S/c1-6-24(3)40-45(69)50-21-35(61)52-32-23-73-47-28(27-18-26(12-13-29(27)55-47)51-34(60)11-9-17-59-37(63)14-15-38(59)64)19-30(42(66)49-22-36(62)56-40)53-46(70)41(25(4)7-2)57-44(68)33-10-8-16-58(33)48(71)31(54-43(32)67)20-39(65)72-5/h12-15,18,24-25,30-33,40-41,55H,6-11,16-17,19-23H2,1-5H3,(H,49,66)(H,50,69)(H,51,60)(H,52,61)(H,53,70)(H,54,67)(H,56,62)(H,57,68)/t24-,25-,30-,31-,32-,33-,40-,41-/m0/s1. The first-order valence-electron chi connectivity index (χ1n) is 24.4. The predicted molar refractivity (Wildman–Crippen MR) is 262 cm³/mol. The number of rotatable bonds is 11. The van der Waals surface area contributed by atoms with Crippen molar-refractivity contribution in [3.8, 4) is 0 Å². The van der Waals surface area contributed by atoms with Gasteiger partial charge in [0, 0.05) is 60.4 Å². The number of anilines is 1. The lowest BCUT2D eigenvalue weighted by Gasteiger charge is -2.32. The Morgan fingerprint density at radius 1 is 0.781 bits per heavy atom. The minimum Gasteiger partial charge on any atom is -0.469 e. The van der Waals surface area contributed by atoms with Crippen LogP contribution in [0.1, 0.15) is 78.2 Å². The summed E-state index contributed by atoms with van der Waals surface area (Å²) in [6.07, 6.45) is 2.79. The van der Waals surface area contributed by atoms with Crippen LogP contribution in [0.3, 0.4) is 0 Å². The zero-order valence-electron chi connectivity index (χ0n) is 41.3. The van der Waals surface area contributed by atoms with Crippen molar-refractivity contribution in [3.63, 3.8) is 0 Å². The second kappa shape index (κ2) is 24.9. The summed E-state index contributed by atoms with van der Waals surface area (Å²) in [7, 11) is 1.10. The molecule has 73 heavy (non-hydrogen) atoms. The molecule has 0 saturated carbocycles. The van der Waals surface area contributed by atoms with Gasteiger partial charge < -0.3 is 57.2 Å².